The molecule has 0 aromatic heterocycles. The van der Waals surface area contributed by atoms with Gasteiger partial charge in [-0.2, -0.15) is 0 Å². The number of ether oxygens (including phenoxy) is 1. The number of Topliss-reactive ketones (excluding diaryl/α,β-unsaturated/α-hetero) is 1. The topological polar surface area (TPSA) is 41.9 Å². The van der Waals surface area contributed by atoms with E-state index in [1.807, 2.05) is 36.9 Å². The van der Waals surface area contributed by atoms with Crippen molar-refractivity contribution in [2.24, 2.45) is 4.99 Å². The van der Waals surface area contributed by atoms with Gasteiger partial charge in [-0.05, 0) is 43.2 Å². The van der Waals surface area contributed by atoms with Gasteiger partial charge in [-0.25, -0.2) is 4.39 Å². The van der Waals surface area contributed by atoms with Crippen LogP contribution in [0.3, 0.4) is 0 Å². The van der Waals surface area contributed by atoms with Gasteiger partial charge in [0.1, 0.15) is 11.6 Å². The first kappa shape index (κ1) is 21.4. The molecular weight excluding hydrogens is 431 g/mol. The summed E-state index contributed by atoms with van der Waals surface area (Å²) >= 11 is 1.62. The molecule has 3 rings (SSSR count). The summed E-state index contributed by atoms with van der Waals surface area (Å²) in [6.45, 7) is 4.78. The van der Waals surface area contributed by atoms with E-state index in [0.717, 1.165) is 34.3 Å². The number of carbonyl (C=O) groups excluding carboxylic acids is 1. The lowest BCUT2D eigenvalue weighted by molar-refractivity contribution is 0.0998. The third-order valence-electron chi connectivity index (χ3n) is 4.23. The number of hydrogen-bond donors (Lipinski definition) is 0. The van der Waals surface area contributed by atoms with Crippen molar-refractivity contribution in [2.45, 2.75) is 13.8 Å². The Kier molecular flexibility index (Phi) is 7.44. The molecule has 2 aromatic carbocycles. The molecule has 0 aliphatic carbocycles. The number of nitrogens with zero attached hydrogens (tertiary/aromatic N) is 2. The number of benzene rings is 2. The number of anilines is 1. The summed E-state index contributed by atoms with van der Waals surface area (Å²) in [6.07, 6.45) is 0. The van der Waals surface area contributed by atoms with Crippen molar-refractivity contribution in [3.05, 3.63) is 58.9 Å². The normalized spacial score (nSPS) is 13.0. The van der Waals surface area contributed by atoms with E-state index < -0.39 is 5.82 Å². The molecular formula is C20H22BrFN2O2S. The van der Waals surface area contributed by atoms with E-state index in [-0.39, 0.29) is 34.9 Å². The number of halogens is 2. The van der Waals surface area contributed by atoms with Crippen molar-refractivity contribution in [3.8, 4) is 5.75 Å². The van der Waals surface area contributed by atoms with Gasteiger partial charge in [0.05, 0.1) is 25.8 Å². The van der Waals surface area contributed by atoms with Crippen LogP contribution in [0.5, 0.6) is 5.75 Å². The standard InChI is InChI=1S/C20H21FN2O2S.BrH/c1-13-4-5-14(2)18(10-13)23(20-22-8-9-26-20)12-19(24)16-7-6-15(25-3)11-17(16)21;/h4-7,10-11H,8-9,12H2,1-3H3;1H. The molecule has 0 unspecified atom stereocenters. The van der Waals surface area contributed by atoms with Crippen molar-refractivity contribution in [2.75, 3.05) is 30.9 Å². The molecule has 0 fully saturated rings. The maximum atomic E-state index is 14.3. The van der Waals surface area contributed by atoms with Gasteiger partial charge in [-0.15, -0.1) is 17.0 Å². The predicted molar refractivity (Wildman–Crippen MR) is 116 cm³/mol. The van der Waals surface area contributed by atoms with Crippen LogP contribution in [-0.2, 0) is 0 Å². The highest BCUT2D eigenvalue weighted by Crippen LogP contribution is 2.28. The third-order valence-corrected chi connectivity index (χ3v) is 5.23. The second kappa shape index (κ2) is 9.37. The zero-order valence-electron chi connectivity index (χ0n) is 15.5. The van der Waals surface area contributed by atoms with Crippen LogP contribution >= 0.6 is 28.7 Å². The third kappa shape index (κ3) is 4.90. The Balaban J connectivity index is 0.00000261. The zero-order chi connectivity index (χ0) is 18.7. The van der Waals surface area contributed by atoms with Crippen LogP contribution < -0.4 is 9.64 Å². The number of amidine groups is 1. The van der Waals surface area contributed by atoms with Gasteiger partial charge in [0.15, 0.2) is 11.0 Å². The molecule has 0 amide bonds. The number of ketones is 1. The molecule has 0 radical (unpaired) electrons. The van der Waals surface area contributed by atoms with E-state index in [9.17, 15) is 9.18 Å². The molecule has 144 valence electrons. The number of carbonyl (C=O) groups is 1. The Morgan fingerprint density at radius 1 is 1.26 bits per heavy atom. The lowest BCUT2D eigenvalue weighted by Crippen LogP contribution is -2.34. The largest absolute Gasteiger partial charge is 0.497 e. The number of thioether (sulfide) groups is 1. The molecule has 0 spiro atoms. The van der Waals surface area contributed by atoms with E-state index >= 15 is 0 Å². The fraction of sp³-hybridized carbons (Fsp3) is 0.300. The summed E-state index contributed by atoms with van der Waals surface area (Å²) in [4.78, 5) is 19.2. The first-order valence-electron chi connectivity index (χ1n) is 8.38. The average Bonchev–Trinajstić information content (AvgIpc) is 3.16. The molecule has 2 aromatic rings. The van der Waals surface area contributed by atoms with Gasteiger partial charge in [0, 0.05) is 17.5 Å². The minimum absolute atomic E-state index is 0. The number of aliphatic imine (C=N–C) groups is 1. The molecule has 0 saturated carbocycles. The minimum atomic E-state index is -0.573. The van der Waals surface area contributed by atoms with Gasteiger partial charge in [0.25, 0.3) is 0 Å². The van der Waals surface area contributed by atoms with Gasteiger partial charge in [0.2, 0.25) is 0 Å². The van der Waals surface area contributed by atoms with Crippen molar-refractivity contribution in [1.82, 2.24) is 0 Å². The highest BCUT2D eigenvalue weighted by molar-refractivity contribution is 8.93. The molecule has 1 aliphatic heterocycles. The Morgan fingerprint density at radius 2 is 2.04 bits per heavy atom. The molecule has 1 heterocycles. The van der Waals surface area contributed by atoms with Crippen LogP contribution in [-0.4, -0.2) is 36.9 Å². The number of aryl methyl sites for hydroxylation is 2. The van der Waals surface area contributed by atoms with Crippen molar-refractivity contribution in [1.29, 1.82) is 0 Å². The van der Waals surface area contributed by atoms with Crippen LogP contribution in [0.2, 0.25) is 0 Å². The summed E-state index contributed by atoms with van der Waals surface area (Å²) in [5, 5.41) is 0.806. The van der Waals surface area contributed by atoms with Crippen LogP contribution in [0, 0.1) is 19.7 Å². The fourth-order valence-electron chi connectivity index (χ4n) is 2.83. The fourth-order valence-corrected chi connectivity index (χ4v) is 3.70. The van der Waals surface area contributed by atoms with Crippen LogP contribution in [0.25, 0.3) is 0 Å². The second-order valence-corrected chi connectivity index (χ2v) is 7.22. The maximum absolute atomic E-state index is 14.3. The van der Waals surface area contributed by atoms with Crippen molar-refractivity contribution >= 4 is 45.4 Å². The quantitative estimate of drug-likeness (QED) is 0.609. The Bertz CT molecular complexity index is 873. The first-order valence-corrected chi connectivity index (χ1v) is 9.37. The Morgan fingerprint density at radius 3 is 2.67 bits per heavy atom. The average molecular weight is 453 g/mol. The number of methoxy groups -OCH3 is 1. The highest BCUT2D eigenvalue weighted by Gasteiger charge is 2.24. The predicted octanol–water partition coefficient (Wildman–Crippen LogP) is 4.82. The molecule has 0 bridgehead atoms. The minimum Gasteiger partial charge on any atom is -0.497 e. The summed E-state index contributed by atoms with van der Waals surface area (Å²) in [5.74, 6) is 0.417. The molecule has 0 saturated heterocycles. The molecule has 7 heteroatoms. The molecule has 27 heavy (non-hydrogen) atoms. The summed E-state index contributed by atoms with van der Waals surface area (Å²) in [7, 11) is 1.47. The maximum Gasteiger partial charge on any atom is 0.185 e. The first-order chi connectivity index (χ1) is 12.5. The van der Waals surface area contributed by atoms with Gasteiger partial charge < -0.3 is 9.64 Å². The molecule has 1 aliphatic rings. The highest BCUT2D eigenvalue weighted by atomic mass is 79.9. The van der Waals surface area contributed by atoms with E-state index in [1.165, 1.54) is 19.2 Å². The summed E-state index contributed by atoms with van der Waals surface area (Å²) < 4.78 is 19.3. The lowest BCUT2D eigenvalue weighted by atomic mass is 10.1. The van der Waals surface area contributed by atoms with E-state index in [4.69, 9.17) is 4.74 Å². The Hall–Kier alpha value is -1.86. The van der Waals surface area contributed by atoms with Crippen LogP contribution in [0.4, 0.5) is 10.1 Å². The van der Waals surface area contributed by atoms with Crippen molar-refractivity contribution in [3.63, 3.8) is 0 Å². The van der Waals surface area contributed by atoms with Gasteiger partial charge in [-0.3, -0.25) is 9.79 Å². The lowest BCUT2D eigenvalue weighted by Gasteiger charge is -2.25. The Labute approximate surface area is 173 Å². The summed E-state index contributed by atoms with van der Waals surface area (Å²) in [5.41, 5.74) is 3.14. The molecule has 4 nitrogen and oxygen atoms in total. The van der Waals surface area contributed by atoms with Gasteiger partial charge >= 0.3 is 0 Å². The summed E-state index contributed by atoms with van der Waals surface area (Å²) in [6, 6.07) is 10.4. The van der Waals surface area contributed by atoms with Crippen molar-refractivity contribution < 1.29 is 13.9 Å². The smallest absolute Gasteiger partial charge is 0.185 e. The van der Waals surface area contributed by atoms with Gasteiger partial charge in [-0.1, -0.05) is 23.9 Å². The molecule has 0 N–H and O–H groups in total. The number of rotatable bonds is 5. The number of hydrogen-bond acceptors (Lipinski definition) is 5. The van der Waals surface area contributed by atoms with E-state index in [1.54, 1.807) is 17.8 Å². The van der Waals surface area contributed by atoms with E-state index in [0.29, 0.717) is 5.75 Å². The van der Waals surface area contributed by atoms with Crippen LogP contribution in [0.1, 0.15) is 21.5 Å². The monoisotopic (exact) mass is 452 g/mol. The molecule has 0 atom stereocenters. The SMILES string of the molecule is Br.COc1ccc(C(=O)CN(C2=NCCS2)c2cc(C)ccc2C)c(F)c1. The zero-order valence-corrected chi connectivity index (χ0v) is 18.0. The van der Waals surface area contributed by atoms with E-state index in [2.05, 4.69) is 4.99 Å². The second-order valence-electron chi connectivity index (χ2n) is 6.16. The van der Waals surface area contributed by atoms with Crippen LogP contribution in [0.15, 0.2) is 41.4 Å².